The highest BCUT2D eigenvalue weighted by Crippen LogP contribution is 2.21. The van der Waals surface area contributed by atoms with Gasteiger partial charge in [-0.3, -0.25) is 0 Å². The molecule has 5 nitrogen and oxygen atoms in total. The lowest BCUT2D eigenvalue weighted by Gasteiger charge is -2.19. The van der Waals surface area contributed by atoms with Crippen molar-refractivity contribution in [1.29, 1.82) is 0 Å². The molecule has 0 spiro atoms. The van der Waals surface area contributed by atoms with Crippen molar-refractivity contribution in [2.75, 3.05) is 6.61 Å². The summed E-state index contributed by atoms with van der Waals surface area (Å²) < 4.78 is 12.1. The van der Waals surface area contributed by atoms with E-state index in [0.717, 1.165) is 5.52 Å². The molecule has 2 aromatic heterocycles. The predicted molar refractivity (Wildman–Crippen MR) is 88.2 cm³/mol. The summed E-state index contributed by atoms with van der Waals surface area (Å²) in [7, 11) is 0. The Morgan fingerprint density at radius 1 is 1.26 bits per heavy atom. The van der Waals surface area contributed by atoms with Crippen molar-refractivity contribution in [2.45, 2.75) is 33.3 Å². The SMILES string of the molecule is CCOC(=O)/C=C/c1cc(C(=O)OC(C)(C)C)c2ccccn12. The Balaban J connectivity index is 2.40. The quantitative estimate of drug-likeness (QED) is 0.640. The molecule has 2 rings (SSSR count). The highest BCUT2D eigenvalue weighted by atomic mass is 16.6. The first-order valence-corrected chi connectivity index (χ1v) is 7.50. The maximum atomic E-state index is 12.4. The average molecular weight is 315 g/mol. The maximum Gasteiger partial charge on any atom is 0.340 e. The van der Waals surface area contributed by atoms with Gasteiger partial charge in [-0.25, -0.2) is 9.59 Å². The standard InChI is InChI=1S/C18H21NO4/c1-5-22-16(20)10-9-13-12-14(17(21)23-18(2,3)4)15-8-6-7-11-19(13)15/h6-12H,5H2,1-4H3/b10-9+. The van der Waals surface area contributed by atoms with Gasteiger partial charge in [0.25, 0.3) is 0 Å². The predicted octanol–water partition coefficient (Wildman–Crippen LogP) is 3.47. The zero-order chi connectivity index (χ0) is 17.0. The number of hydrogen-bond acceptors (Lipinski definition) is 4. The molecule has 2 heterocycles. The van der Waals surface area contributed by atoms with E-state index in [1.54, 1.807) is 19.1 Å². The summed E-state index contributed by atoms with van der Waals surface area (Å²) >= 11 is 0. The van der Waals surface area contributed by atoms with E-state index in [1.165, 1.54) is 6.08 Å². The fourth-order valence-electron chi connectivity index (χ4n) is 2.15. The van der Waals surface area contributed by atoms with Gasteiger partial charge in [0.05, 0.1) is 17.7 Å². The molecule has 0 amide bonds. The molecule has 0 N–H and O–H groups in total. The van der Waals surface area contributed by atoms with Crippen LogP contribution in [0.5, 0.6) is 0 Å². The summed E-state index contributed by atoms with van der Waals surface area (Å²) in [6, 6.07) is 7.25. The van der Waals surface area contributed by atoms with Gasteiger partial charge in [0, 0.05) is 18.0 Å². The Labute approximate surface area is 135 Å². The van der Waals surface area contributed by atoms with Crippen molar-refractivity contribution in [3.63, 3.8) is 0 Å². The highest BCUT2D eigenvalue weighted by molar-refractivity contribution is 5.99. The van der Waals surface area contributed by atoms with Gasteiger partial charge in [-0.2, -0.15) is 0 Å². The highest BCUT2D eigenvalue weighted by Gasteiger charge is 2.21. The molecule has 122 valence electrons. The van der Waals surface area contributed by atoms with Crippen molar-refractivity contribution in [3.05, 3.63) is 47.8 Å². The fraction of sp³-hybridized carbons (Fsp3) is 0.333. The molecule has 0 bridgehead atoms. The Kier molecular flexibility index (Phi) is 4.89. The van der Waals surface area contributed by atoms with Gasteiger partial charge >= 0.3 is 11.9 Å². The second kappa shape index (κ2) is 6.69. The second-order valence-electron chi connectivity index (χ2n) is 6.03. The minimum absolute atomic E-state index is 0.321. The maximum absolute atomic E-state index is 12.4. The van der Waals surface area contributed by atoms with Gasteiger partial charge in [-0.15, -0.1) is 0 Å². The fourth-order valence-corrected chi connectivity index (χ4v) is 2.15. The molecule has 0 fully saturated rings. The topological polar surface area (TPSA) is 57.0 Å². The molecule has 23 heavy (non-hydrogen) atoms. The van der Waals surface area contributed by atoms with Crippen LogP contribution in [0.1, 0.15) is 43.7 Å². The van der Waals surface area contributed by atoms with E-state index in [2.05, 4.69) is 0 Å². The lowest BCUT2D eigenvalue weighted by atomic mass is 10.2. The zero-order valence-electron chi connectivity index (χ0n) is 13.8. The van der Waals surface area contributed by atoms with E-state index in [0.29, 0.717) is 17.9 Å². The third-order valence-corrected chi connectivity index (χ3v) is 3.00. The number of pyridine rings is 1. The Bertz CT molecular complexity index is 750. The third-order valence-electron chi connectivity index (χ3n) is 3.00. The molecule has 0 aromatic carbocycles. The number of fused-ring (bicyclic) bond motifs is 1. The van der Waals surface area contributed by atoms with Crippen molar-refractivity contribution >= 4 is 23.5 Å². The van der Waals surface area contributed by atoms with Crippen LogP contribution in [0.15, 0.2) is 36.5 Å². The number of hydrogen-bond donors (Lipinski definition) is 0. The summed E-state index contributed by atoms with van der Waals surface area (Å²) in [5, 5.41) is 0. The van der Waals surface area contributed by atoms with Gasteiger partial charge in [0.1, 0.15) is 5.60 Å². The Morgan fingerprint density at radius 3 is 2.65 bits per heavy atom. The van der Waals surface area contributed by atoms with Gasteiger partial charge in [-0.05, 0) is 52.0 Å². The summed E-state index contributed by atoms with van der Waals surface area (Å²) in [5.74, 6) is -0.811. The normalized spacial score (nSPS) is 11.8. The van der Waals surface area contributed by atoms with Gasteiger partial charge in [0.15, 0.2) is 0 Å². The number of carbonyl (C=O) groups excluding carboxylic acids is 2. The number of carbonyl (C=O) groups is 2. The van der Waals surface area contributed by atoms with E-state index in [4.69, 9.17) is 9.47 Å². The van der Waals surface area contributed by atoms with Crippen LogP contribution in [0.2, 0.25) is 0 Å². The van der Waals surface area contributed by atoms with Crippen LogP contribution in [0.3, 0.4) is 0 Å². The third kappa shape index (κ3) is 4.22. The molecule has 0 radical (unpaired) electrons. The summed E-state index contributed by atoms with van der Waals surface area (Å²) in [6.07, 6.45) is 4.80. The lowest BCUT2D eigenvalue weighted by Crippen LogP contribution is -2.23. The van der Waals surface area contributed by atoms with Crippen LogP contribution in [-0.4, -0.2) is 28.5 Å². The van der Waals surface area contributed by atoms with E-state index in [9.17, 15) is 9.59 Å². The van der Waals surface area contributed by atoms with Gasteiger partial charge in [0.2, 0.25) is 0 Å². The lowest BCUT2D eigenvalue weighted by molar-refractivity contribution is -0.137. The van der Waals surface area contributed by atoms with E-state index < -0.39 is 17.5 Å². The summed E-state index contributed by atoms with van der Waals surface area (Å²) in [6.45, 7) is 7.54. The molecular formula is C18H21NO4. The number of nitrogens with zero attached hydrogens (tertiary/aromatic N) is 1. The Morgan fingerprint density at radius 2 is 2.00 bits per heavy atom. The smallest absolute Gasteiger partial charge is 0.340 e. The van der Waals surface area contributed by atoms with Crippen LogP contribution in [-0.2, 0) is 14.3 Å². The largest absolute Gasteiger partial charge is 0.463 e. The first kappa shape index (κ1) is 16.8. The zero-order valence-corrected chi connectivity index (χ0v) is 13.8. The number of rotatable bonds is 4. The number of aromatic nitrogens is 1. The van der Waals surface area contributed by atoms with Crippen LogP contribution in [0.4, 0.5) is 0 Å². The monoisotopic (exact) mass is 315 g/mol. The van der Waals surface area contributed by atoms with Crippen molar-refractivity contribution in [1.82, 2.24) is 4.40 Å². The molecule has 0 aliphatic carbocycles. The average Bonchev–Trinajstić information content (AvgIpc) is 2.83. The second-order valence-corrected chi connectivity index (χ2v) is 6.03. The van der Waals surface area contributed by atoms with Gasteiger partial charge < -0.3 is 13.9 Å². The number of esters is 2. The van der Waals surface area contributed by atoms with Crippen molar-refractivity contribution < 1.29 is 19.1 Å². The minimum Gasteiger partial charge on any atom is -0.463 e. The first-order chi connectivity index (χ1) is 10.8. The van der Waals surface area contributed by atoms with Crippen molar-refractivity contribution in [3.8, 4) is 0 Å². The molecule has 2 aromatic rings. The van der Waals surface area contributed by atoms with Crippen LogP contribution >= 0.6 is 0 Å². The summed E-state index contributed by atoms with van der Waals surface area (Å²) in [4.78, 5) is 23.8. The van der Waals surface area contributed by atoms with Crippen LogP contribution in [0.25, 0.3) is 11.6 Å². The molecule has 0 aliphatic heterocycles. The molecule has 0 saturated carbocycles. The van der Waals surface area contributed by atoms with E-state index >= 15 is 0 Å². The molecule has 5 heteroatoms. The first-order valence-electron chi connectivity index (χ1n) is 7.50. The molecule has 0 aliphatic rings. The molecule has 0 unspecified atom stereocenters. The summed E-state index contributed by atoms with van der Waals surface area (Å²) in [5.41, 5.74) is 1.32. The van der Waals surface area contributed by atoms with E-state index in [1.807, 2.05) is 49.6 Å². The number of ether oxygens (including phenoxy) is 2. The molecular weight excluding hydrogens is 294 g/mol. The van der Waals surface area contributed by atoms with Crippen LogP contribution in [0, 0.1) is 0 Å². The van der Waals surface area contributed by atoms with Crippen LogP contribution < -0.4 is 0 Å². The van der Waals surface area contributed by atoms with Gasteiger partial charge in [-0.1, -0.05) is 6.07 Å². The minimum atomic E-state index is -0.568. The molecule has 0 atom stereocenters. The van der Waals surface area contributed by atoms with Crippen molar-refractivity contribution in [2.24, 2.45) is 0 Å². The van der Waals surface area contributed by atoms with E-state index in [-0.39, 0.29) is 0 Å². The molecule has 0 saturated heterocycles. The Hall–Kier alpha value is -2.56.